The summed E-state index contributed by atoms with van der Waals surface area (Å²) in [4.78, 5) is 31.7. The molecule has 0 saturated carbocycles. The average molecular weight is 497 g/mol. The SMILES string of the molecule is CCOc1ccc([C@@H]2C(C(=O)OCCOC)=C(C)N=c3s/c(=C\c4ccc(F)cc4)c(=O)n32)cc1. The monoisotopic (exact) mass is 496 g/mol. The van der Waals surface area contributed by atoms with Crippen LogP contribution in [0, 0.1) is 5.82 Å². The molecule has 1 atom stereocenters. The number of nitrogens with zero attached hydrogens (tertiary/aromatic N) is 2. The van der Waals surface area contributed by atoms with Gasteiger partial charge in [0.15, 0.2) is 4.80 Å². The summed E-state index contributed by atoms with van der Waals surface area (Å²) in [5.74, 6) is -0.230. The molecule has 7 nitrogen and oxygen atoms in total. The van der Waals surface area contributed by atoms with Crippen molar-refractivity contribution < 1.29 is 23.4 Å². The molecule has 0 aliphatic carbocycles. The normalized spacial score (nSPS) is 15.5. The number of carbonyl (C=O) groups is 1. The number of allylic oxidation sites excluding steroid dienone is 1. The smallest absolute Gasteiger partial charge is 0.338 e. The molecular formula is C26H25FN2O5S. The van der Waals surface area contributed by atoms with Gasteiger partial charge in [-0.2, -0.15) is 0 Å². The van der Waals surface area contributed by atoms with Gasteiger partial charge in [-0.25, -0.2) is 14.2 Å². The minimum atomic E-state index is -0.729. The molecule has 1 aliphatic heterocycles. The number of thiazole rings is 1. The van der Waals surface area contributed by atoms with Crippen molar-refractivity contribution in [1.82, 2.24) is 4.57 Å². The van der Waals surface area contributed by atoms with Crippen LogP contribution >= 0.6 is 11.3 Å². The third-order valence-corrected chi connectivity index (χ3v) is 6.42. The standard InChI is InChI=1S/C26H25FN2O5S/c1-4-33-20-11-7-18(8-12-20)23-22(25(31)34-14-13-32-3)16(2)28-26-29(23)24(30)21(35-26)15-17-5-9-19(27)10-6-17/h5-12,15,23H,4,13-14H2,1-3H3/b21-15-/t23-/m1/s1. The lowest BCUT2D eigenvalue weighted by atomic mass is 9.96. The van der Waals surface area contributed by atoms with E-state index < -0.39 is 12.0 Å². The Morgan fingerprint density at radius 1 is 1.14 bits per heavy atom. The number of carbonyl (C=O) groups excluding carboxylic acids is 1. The van der Waals surface area contributed by atoms with E-state index in [-0.39, 0.29) is 30.2 Å². The zero-order valence-electron chi connectivity index (χ0n) is 19.6. The minimum absolute atomic E-state index is 0.0805. The van der Waals surface area contributed by atoms with Gasteiger partial charge in [0, 0.05) is 7.11 Å². The molecule has 0 N–H and O–H groups in total. The molecule has 4 rings (SSSR count). The van der Waals surface area contributed by atoms with E-state index in [0.29, 0.717) is 33.0 Å². The molecule has 1 aliphatic rings. The summed E-state index contributed by atoms with van der Waals surface area (Å²) >= 11 is 1.21. The number of aromatic nitrogens is 1. The summed E-state index contributed by atoms with van der Waals surface area (Å²) < 4.78 is 31.2. The average Bonchev–Trinajstić information content (AvgIpc) is 3.15. The van der Waals surface area contributed by atoms with E-state index in [1.165, 1.54) is 35.1 Å². The van der Waals surface area contributed by atoms with Crippen molar-refractivity contribution in [3.63, 3.8) is 0 Å². The zero-order chi connectivity index (χ0) is 24.9. The first kappa shape index (κ1) is 24.6. The summed E-state index contributed by atoms with van der Waals surface area (Å²) in [5, 5.41) is 0. The van der Waals surface area contributed by atoms with Gasteiger partial charge in [0.1, 0.15) is 18.2 Å². The number of rotatable bonds is 8. The van der Waals surface area contributed by atoms with Gasteiger partial charge in [-0.3, -0.25) is 9.36 Å². The molecule has 182 valence electrons. The molecule has 0 spiro atoms. The number of fused-ring (bicyclic) bond motifs is 1. The van der Waals surface area contributed by atoms with Crippen molar-refractivity contribution in [2.45, 2.75) is 19.9 Å². The topological polar surface area (TPSA) is 79.1 Å². The predicted octanol–water partition coefficient (Wildman–Crippen LogP) is 2.96. The maximum absolute atomic E-state index is 13.6. The van der Waals surface area contributed by atoms with E-state index in [1.54, 1.807) is 37.3 Å². The molecule has 0 bridgehead atoms. The van der Waals surface area contributed by atoms with E-state index in [0.717, 1.165) is 5.56 Å². The molecule has 0 amide bonds. The van der Waals surface area contributed by atoms with E-state index in [4.69, 9.17) is 14.2 Å². The van der Waals surface area contributed by atoms with E-state index in [1.807, 2.05) is 19.1 Å². The fourth-order valence-electron chi connectivity index (χ4n) is 3.82. The Labute approximate surface area is 205 Å². The van der Waals surface area contributed by atoms with Crippen LogP contribution in [0.3, 0.4) is 0 Å². The largest absolute Gasteiger partial charge is 0.494 e. The van der Waals surface area contributed by atoms with Gasteiger partial charge < -0.3 is 14.2 Å². The lowest BCUT2D eigenvalue weighted by Gasteiger charge is -2.25. The summed E-state index contributed by atoms with van der Waals surface area (Å²) in [6.07, 6.45) is 1.69. The molecular weight excluding hydrogens is 471 g/mol. The number of esters is 1. The van der Waals surface area contributed by atoms with Crippen LogP contribution in [0.2, 0.25) is 0 Å². The first-order valence-corrected chi connectivity index (χ1v) is 11.9. The van der Waals surface area contributed by atoms with Gasteiger partial charge in [-0.1, -0.05) is 35.6 Å². The second kappa shape index (κ2) is 10.8. The number of ether oxygens (including phenoxy) is 3. The van der Waals surface area contributed by atoms with Crippen molar-refractivity contribution in [3.8, 4) is 5.75 Å². The lowest BCUT2D eigenvalue weighted by Crippen LogP contribution is -2.40. The van der Waals surface area contributed by atoms with E-state index >= 15 is 0 Å². The highest BCUT2D eigenvalue weighted by atomic mass is 32.1. The van der Waals surface area contributed by atoms with Crippen LogP contribution in [0.25, 0.3) is 6.08 Å². The summed E-state index contributed by atoms with van der Waals surface area (Å²) in [5.41, 5.74) is 1.86. The van der Waals surface area contributed by atoms with Crippen LogP contribution in [0.5, 0.6) is 5.75 Å². The maximum atomic E-state index is 13.6. The molecule has 0 saturated heterocycles. The molecule has 2 aromatic carbocycles. The van der Waals surface area contributed by atoms with Crippen LogP contribution in [0.15, 0.2) is 69.6 Å². The highest BCUT2D eigenvalue weighted by molar-refractivity contribution is 7.07. The van der Waals surface area contributed by atoms with E-state index in [9.17, 15) is 14.0 Å². The highest BCUT2D eigenvalue weighted by Crippen LogP contribution is 2.31. The van der Waals surface area contributed by atoms with Gasteiger partial charge in [0.25, 0.3) is 5.56 Å². The highest BCUT2D eigenvalue weighted by Gasteiger charge is 2.33. The first-order valence-electron chi connectivity index (χ1n) is 11.1. The van der Waals surface area contributed by atoms with Crippen LogP contribution in [-0.4, -0.2) is 37.5 Å². The molecule has 3 aromatic rings. The number of halogens is 1. The molecule has 35 heavy (non-hydrogen) atoms. The van der Waals surface area contributed by atoms with Crippen molar-refractivity contribution in [3.05, 3.63) is 96.4 Å². The number of hydrogen-bond acceptors (Lipinski definition) is 7. The summed E-state index contributed by atoms with van der Waals surface area (Å²) in [7, 11) is 1.52. The van der Waals surface area contributed by atoms with Crippen LogP contribution < -0.4 is 19.6 Å². The van der Waals surface area contributed by atoms with Crippen molar-refractivity contribution in [1.29, 1.82) is 0 Å². The molecule has 0 radical (unpaired) electrons. The quantitative estimate of drug-likeness (QED) is 0.354. The molecule has 1 aromatic heterocycles. The lowest BCUT2D eigenvalue weighted by molar-refractivity contribution is -0.140. The number of hydrogen-bond donors (Lipinski definition) is 0. The summed E-state index contributed by atoms with van der Waals surface area (Å²) in [6.45, 7) is 4.48. The van der Waals surface area contributed by atoms with Gasteiger partial charge >= 0.3 is 5.97 Å². The molecule has 9 heteroatoms. The second-order valence-corrected chi connectivity index (χ2v) is 8.77. The minimum Gasteiger partial charge on any atom is -0.494 e. The van der Waals surface area contributed by atoms with Gasteiger partial charge in [0.2, 0.25) is 0 Å². The second-order valence-electron chi connectivity index (χ2n) is 7.76. The fraction of sp³-hybridized carbons (Fsp3) is 0.269. The van der Waals surface area contributed by atoms with Crippen molar-refractivity contribution in [2.24, 2.45) is 4.99 Å². The van der Waals surface area contributed by atoms with Crippen molar-refractivity contribution >= 4 is 23.4 Å². The third-order valence-electron chi connectivity index (χ3n) is 5.44. The number of methoxy groups -OCH3 is 1. The van der Waals surface area contributed by atoms with Gasteiger partial charge in [0.05, 0.1) is 35.1 Å². The first-order chi connectivity index (χ1) is 16.9. The number of benzene rings is 2. The maximum Gasteiger partial charge on any atom is 0.338 e. The molecule has 2 heterocycles. The Balaban J connectivity index is 1.85. The molecule has 0 unspecified atom stereocenters. The Morgan fingerprint density at radius 3 is 2.51 bits per heavy atom. The fourth-order valence-corrected chi connectivity index (χ4v) is 4.86. The Bertz CT molecular complexity index is 1420. The summed E-state index contributed by atoms with van der Waals surface area (Å²) in [6, 6.07) is 12.4. The van der Waals surface area contributed by atoms with Gasteiger partial charge in [-0.05, 0) is 55.3 Å². The Morgan fingerprint density at radius 2 is 1.86 bits per heavy atom. The van der Waals surface area contributed by atoms with Crippen molar-refractivity contribution in [2.75, 3.05) is 26.9 Å². The van der Waals surface area contributed by atoms with Crippen LogP contribution in [0.1, 0.15) is 31.0 Å². The van der Waals surface area contributed by atoms with Crippen LogP contribution in [-0.2, 0) is 14.3 Å². The Hall–Kier alpha value is -3.56. The third kappa shape index (κ3) is 5.26. The van der Waals surface area contributed by atoms with E-state index in [2.05, 4.69) is 4.99 Å². The zero-order valence-corrected chi connectivity index (χ0v) is 20.4. The predicted molar refractivity (Wildman–Crippen MR) is 131 cm³/mol. The van der Waals surface area contributed by atoms with Gasteiger partial charge in [-0.15, -0.1) is 0 Å². The Kier molecular flexibility index (Phi) is 7.57. The molecule has 0 fully saturated rings. The van der Waals surface area contributed by atoms with Crippen LogP contribution in [0.4, 0.5) is 4.39 Å².